The second kappa shape index (κ2) is 15.0. The summed E-state index contributed by atoms with van der Waals surface area (Å²) in [4.78, 5) is 40.2. The van der Waals surface area contributed by atoms with Crippen molar-refractivity contribution in [2.75, 3.05) is 4.90 Å². The Morgan fingerprint density at radius 1 is 0.574 bits per heavy atom. The lowest BCUT2D eigenvalue weighted by molar-refractivity contribution is 0.946. The van der Waals surface area contributed by atoms with Crippen molar-refractivity contribution in [2.24, 2.45) is 15.0 Å². The van der Waals surface area contributed by atoms with Crippen LogP contribution in [0.1, 0.15) is 5.56 Å². The molecule has 11 rings (SSSR count). The number of aromatic nitrogens is 6. The molecule has 10 nitrogen and oxygen atoms in total. The van der Waals surface area contributed by atoms with Crippen LogP contribution in [0.3, 0.4) is 0 Å². The van der Waals surface area contributed by atoms with Crippen molar-refractivity contribution in [2.45, 2.75) is 6.54 Å². The molecular weight excluding hydrogens is 753 g/mol. The molecule has 0 fully saturated rings. The van der Waals surface area contributed by atoms with Gasteiger partial charge in [-0.2, -0.15) is 4.98 Å². The SMILES string of the molecule is C=N/C=N\C(=NCc1ccccc1)N1c2cc3c(cc2-c2ccc(-c4ccccn4)c4cccc1c24)c1cc(-c2ccccn2)ccc1n3-c1ncnc(-c2ccccc2)n1. The molecule has 10 heteroatoms. The molecule has 6 aromatic carbocycles. The minimum Gasteiger partial charge on any atom is -0.278 e. The summed E-state index contributed by atoms with van der Waals surface area (Å²) in [6.07, 6.45) is 6.69. The fourth-order valence-electron chi connectivity index (χ4n) is 8.38. The van der Waals surface area contributed by atoms with Crippen LogP contribution < -0.4 is 4.90 Å². The van der Waals surface area contributed by atoms with Crippen LogP contribution in [0.15, 0.2) is 191 Å². The van der Waals surface area contributed by atoms with Crippen LogP contribution in [-0.4, -0.2) is 48.5 Å². The molecule has 4 aromatic heterocycles. The number of fused-ring (bicyclic) bond motifs is 5. The van der Waals surface area contributed by atoms with E-state index in [1.807, 2.05) is 97.3 Å². The van der Waals surface area contributed by atoms with Crippen LogP contribution in [-0.2, 0) is 6.54 Å². The molecule has 0 saturated carbocycles. The molecule has 0 atom stereocenters. The lowest BCUT2D eigenvalue weighted by Gasteiger charge is -2.33. The number of pyridine rings is 2. The van der Waals surface area contributed by atoms with Gasteiger partial charge < -0.3 is 0 Å². The maximum atomic E-state index is 5.19. The normalized spacial score (nSPS) is 12.4. The average molecular weight is 787 g/mol. The number of hydrogen-bond acceptors (Lipinski definition) is 6. The Labute approximate surface area is 350 Å². The molecule has 0 unspecified atom stereocenters. The standard InChI is InChI=1S/C51H34N10/c1-52-31-57-50(55-30-33-13-4-2-5-14-33)61-45-20-12-17-37-36(43-19-9-11-26-54-43)22-23-38(48(37)45)40-28-41-39-27-35(42-18-8-10-25-53-42)21-24-44(39)60(47(41)29-46(40)61)51-58-32-56-49(59-51)34-15-6-3-7-16-34/h2-29,31-32H,1,30H2/b55-50?,57-31-. The van der Waals surface area contributed by atoms with Crippen molar-refractivity contribution in [3.63, 3.8) is 0 Å². The van der Waals surface area contributed by atoms with Gasteiger partial charge in [0.2, 0.25) is 11.9 Å². The number of anilines is 2. The number of rotatable bonds is 7. The predicted molar refractivity (Wildman–Crippen MR) is 247 cm³/mol. The Kier molecular flexibility index (Phi) is 8.78. The molecule has 0 N–H and O–H groups in total. The van der Waals surface area contributed by atoms with E-state index < -0.39 is 0 Å². The number of hydrogen-bond donors (Lipinski definition) is 0. The van der Waals surface area contributed by atoms with Gasteiger partial charge in [0.15, 0.2) is 5.82 Å². The average Bonchev–Trinajstić information content (AvgIpc) is 3.65. The van der Waals surface area contributed by atoms with E-state index in [0.717, 1.165) is 88.7 Å². The lowest BCUT2D eigenvalue weighted by Crippen LogP contribution is -2.27. The molecule has 1 aliphatic heterocycles. The first-order valence-electron chi connectivity index (χ1n) is 19.9. The Morgan fingerprint density at radius 2 is 1.33 bits per heavy atom. The van der Waals surface area contributed by atoms with Crippen molar-refractivity contribution in [1.29, 1.82) is 0 Å². The third kappa shape index (κ3) is 6.21. The highest BCUT2D eigenvalue weighted by atomic mass is 15.3. The first kappa shape index (κ1) is 35.6. The molecule has 10 aromatic rings. The van der Waals surface area contributed by atoms with Gasteiger partial charge in [0.25, 0.3) is 0 Å². The fraction of sp³-hybridized carbons (Fsp3) is 0.0196. The molecule has 0 amide bonds. The van der Waals surface area contributed by atoms with Crippen LogP contribution >= 0.6 is 0 Å². The molecule has 5 heterocycles. The highest BCUT2D eigenvalue weighted by molar-refractivity contribution is 6.25. The molecule has 0 aliphatic carbocycles. The molecule has 288 valence electrons. The van der Waals surface area contributed by atoms with Crippen molar-refractivity contribution in [3.8, 4) is 51.0 Å². The fourth-order valence-corrected chi connectivity index (χ4v) is 8.38. The van der Waals surface area contributed by atoms with Gasteiger partial charge in [0.1, 0.15) is 12.7 Å². The van der Waals surface area contributed by atoms with E-state index in [9.17, 15) is 0 Å². The predicted octanol–water partition coefficient (Wildman–Crippen LogP) is 11.3. The lowest BCUT2D eigenvalue weighted by atomic mass is 9.87. The van der Waals surface area contributed by atoms with Crippen LogP contribution in [0.5, 0.6) is 0 Å². The van der Waals surface area contributed by atoms with E-state index in [1.165, 1.54) is 6.34 Å². The largest absolute Gasteiger partial charge is 0.278 e. The van der Waals surface area contributed by atoms with Gasteiger partial charge in [-0.15, -0.1) is 0 Å². The zero-order chi connectivity index (χ0) is 40.7. The summed E-state index contributed by atoms with van der Waals surface area (Å²) < 4.78 is 2.12. The summed E-state index contributed by atoms with van der Waals surface area (Å²) in [5.74, 6) is 1.54. The van der Waals surface area contributed by atoms with Crippen LogP contribution in [0.4, 0.5) is 11.4 Å². The first-order chi connectivity index (χ1) is 30.2. The van der Waals surface area contributed by atoms with Crippen LogP contribution in [0.25, 0.3) is 83.6 Å². The highest BCUT2D eigenvalue weighted by Gasteiger charge is 2.31. The number of aliphatic imine (C=N–C) groups is 3. The summed E-state index contributed by atoms with van der Waals surface area (Å²) in [6.45, 7) is 4.12. The maximum Gasteiger partial charge on any atom is 0.238 e. The highest BCUT2D eigenvalue weighted by Crippen LogP contribution is 2.52. The van der Waals surface area contributed by atoms with Gasteiger partial charge in [0, 0.05) is 50.8 Å². The van der Waals surface area contributed by atoms with Crippen molar-refractivity contribution < 1.29 is 0 Å². The third-order valence-corrected chi connectivity index (χ3v) is 11.1. The van der Waals surface area contributed by atoms with Gasteiger partial charge in [0.05, 0.1) is 40.3 Å². The zero-order valence-electron chi connectivity index (χ0n) is 32.7. The van der Waals surface area contributed by atoms with E-state index in [0.29, 0.717) is 24.3 Å². The number of guanidine groups is 1. The summed E-state index contributed by atoms with van der Waals surface area (Å²) >= 11 is 0. The van der Waals surface area contributed by atoms with Crippen molar-refractivity contribution in [3.05, 3.63) is 182 Å². The maximum absolute atomic E-state index is 5.19. The van der Waals surface area contributed by atoms with Gasteiger partial charge >= 0.3 is 0 Å². The van der Waals surface area contributed by atoms with Gasteiger partial charge in [-0.25, -0.2) is 20.0 Å². The Bertz CT molecular complexity index is 3350. The van der Waals surface area contributed by atoms with E-state index in [-0.39, 0.29) is 0 Å². The summed E-state index contributed by atoms with van der Waals surface area (Å²) in [7, 11) is 0. The van der Waals surface area contributed by atoms with Crippen molar-refractivity contribution in [1.82, 2.24) is 29.5 Å². The Morgan fingerprint density at radius 3 is 2.11 bits per heavy atom. The molecular formula is C51H34N10. The second-order valence-electron chi connectivity index (χ2n) is 14.6. The minimum absolute atomic E-state index is 0.402. The van der Waals surface area contributed by atoms with Gasteiger partial charge in [-0.3, -0.25) is 24.4 Å². The molecule has 0 radical (unpaired) electrons. The second-order valence-corrected chi connectivity index (χ2v) is 14.6. The van der Waals surface area contributed by atoms with Gasteiger partial charge in [-0.1, -0.05) is 103 Å². The summed E-state index contributed by atoms with van der Waals surface area (Å²) in [5, 5.41) is 4.18. The van der Waals surface area contributed by atoms with E-state index in [2.05, 4.69) is 99.0 Å². The Hall–Kier alpha value is -8.50. The van der Waals surface area contributed by atoms with Crippen molar-refractivity contribution >= 4 is 63.0 Å². The minimum atomic E-state index is 0.402. The smallest absolute Gasteiger partial charge is 0.238 e. The zero-order valence-corrected chi connectivity index (χ0v) is 32.7. The Balaban J connectivity index is 1.23. The third-order valence-electron chi connectivity index (χ3n) is 11.1. The van der Waals surface area contributed by atoms with E-state index in [1.54, 1.807) is 6.33 Å². The van der Waals surface area contributed by atoms with Crippen LogP contribution in [0.2, 0.25) is 0 Å². The molecule has 0 bridgehead atoms. The molecule has 0 saturated heterocycles. The van der Waals surface area contributed by atoms with E-state index >= 15 is 0 Å². The monoisotopic (exact) mass is 786 g/mol. The number of benzene rings is 6. The first-order valence-corrected chi connectivity index (χ1v) is 19.9. The number of nitrogens with zero attached hydrogens (tertiary/aromatic N) is 10. The summed E-state index contributed by atoms with van der Waals surface area (Å²) in [5.41, 5.74) is 11.5. The topological polar surface area (TPSA) is 110 Å². The quantitative estimate of drug-likeness (QED) is 0.117. The van der Waals surface area contributed by atoms with Crippen LogP contribution in [0, 0.1) is 0 Å². The van der Waals surface area contributed by atoms with E-state index in [4.69, 9.17) is 29.9 Å². The summed E-state index contributed by atoms with van der Waals surface area (Å²) in [6, 6.07) is 53.8. The molecule has 1 aliphatic rings. The molecule has 61 heavy (non-hydrogen) atoms. The molecule has 0 spiro atoms. The van der Waals surface area contributed by atoms with Gasteiger partial charge in [-0.05, 0) is 77.8 Å².